The molecule has 0 aromatic heterocycles. The first-order valence-corrected chi connectivity index (χ1v) is 30.4. The van der Waals surface area contributed by atoms with Crippen LogP contribution in [0.3, 0.4) is 0 Å². The van der Waals surface area contributed by atoms with Gasteiger partial charge in [0, 0.05) is 103 Å². The molecule has 4 rings (SSSR count). The number of nitrogens with zero attached hydrogens (tertiary/aromatic N) is 5. The van der Waals surface area contributed by atoms with Crippen LogP contribution in [0.5, 0.6) is 0 Å². The fourth-order valence-electron chi connectivity index (χ4n) is 9.51. The van der Waals surface area contributed by atoms with Gasteiger partial charge in [-0.2, -0.15) is 0 Å². The highest BCUT2D eigenvalue weighted by Gasteiger charge is 2.53. The molecular weight excluding hydrogens is 1140 g/mol. The molecule has 26 nitrogen and oxygen atoms in total. The molecule has 28 heteroatoms. The van der Waals surface area contributed by atoms with Crippen LogP contribution < -0.4 is 26.6 Å². The van der Waals surface area contributed by atoms with E-state index >= 15 is 0 Å². The fourth-order valence-corrected chi connectivity index (χ4v) is 11.0. The van der Waals surface area contributed by atoms with Crippen LogP contribution in [0, 0.1) is 15.6 Å². The molecule has 2 saturated heterocycles. The standard InChI is InChI=1S/C56H80ClN10O16S/c1-38(68)64(81)33-14-4-11-30-59-44(70)25-27-48(74)66(83)35-16-6-13-31-60-45(71)26-28-47(73)65(82)34-15-5-12-29-58-43(69)21-10-17-32-63-49(75)37-42(54(63)77)84-36-18-3-9-22-46(72)61-50(39-19-7-2-8-20-39)53(76)62-51-41-24-23-40(57)52(56(79)80)67(41)55(51)78/h2,7-8,19-20,41-42,50-51H,3-6,9-18,21-37H2,1H3,(H,58,69)(H,59,70)(H,60,71)(H,61,72)(H,62,76)(H,79,80)/q-3/t41-,42?,50-,51+/m1/s1. The van der Waals surface area contributed by atoms with Crippen molar-refractivity contribution in [2.24, 2.45) is 0 Å². The second-order valence-corrected chi connectivity index (χ2v) is 22.6. The highest BCUT2D eigenvalue weighted by atomic mass is 35.5. The Balaban J connectivity index is 0.949. The van der Waals surface area contributed by atoms with E-state index in [1.165, 1.54) is 23.6 Å². The summed E-state index contributed by atoms with van der Waals surface area (Å²) in [5.74, 6) is -5.83. The lowest BCUT2D eigenvalue weighted by Crippen LogP contribution is -2.72. The Morgan fingerprint density at radius 3 is 1.70 bits per heavy atom. The van der Waals surface area contributed by atoms with Gasteiger partial charge in [-0.1, -0.05) is 48.4 Å². The third-order valence-electron chi connectivity index (χ3n) is 14.3. The predicted molar refractivity (Wildman–Crippen MR) is 310 cm³/mol. The first kappa shape index (κ1) is 69.8. The minimum absolute atomic E-state index is 0.0601. The molecule has 1 unspecified atom stereocenters. The van der Waals surface area contributed by atoms with Crippen molar-refractivity contribution in [3.8, 4) is 0 Å². The number of amides is 11. The number of allylic oxidation sites excluding steroid dienone is 1. The number of hydroxylamine groups is 6. The fraction of sp³-hybridized carbons (Fsp3) is 0.643. The van der Waals surface area contributed by atoms with Gasteiger partial charge in [-0.05, 0) is 108 Å². The summed E-state index contributed by atoms with van der Waals surface area (Å²) in [7, 11) is 0. The van der Waals surface area contributed by atoms with Crippen molar-refractivity contribution in [1.82, 2.24) is 51.6 Å². The van der Waals surface area contributed by atoms with Gasteiger partial charge in [0.05, 0.1) is 11.3 Å². The first-order valence-electron chi connectivity index (χ1n) is 29.0. The Morgan fingerprint density at radius 1 is 0.643 bits per heavy atom. The van der Waals surface area contributed by atoms with Gasteiger partial charge in [0.15, 0.2) is 0 Å². The smallest absolute Gasteiger partial charge is 0.353 e. The number of carboxylic acids is 1. The molecule has 0 saturated carbocycles. The number of β-lactam (4-membered cyclic amide) rings is 1. The van der Waals surface area contributed by atoms with Crippen molar-refractivity contribution in [3.63, 3.8) is 0 Å². The van der Waals surface area contributed by atoms with Gasteiger partial charge in [-0.15, -0.1) is 11.8 Å². The van der Waals surface area contributed by atoms with Gasteiger partial charge < -0.3 is 62.5 Å². The number of benzene rings is 1. The molecule has 0 bridgehead atoms. The number of fused-ring (bicyclic) bond motifs is 1. The Kier molecular flexibility index (Phi) is 31.2. The zero-order valence-corrected chi connectivity index (χ0v) is 49.3. The largest absolute Gasteiger partial charge is 0.756 e. The van der Waals surface area contributed by atoms with Crippen LogP contribution in [0.4, 0.5) is 0 Å². The second kappa shape index (κ2) is 37.6. The van der Waals surface area contributed by atoms with Crippen LogP contribution in [-0.2, 0) is 57.5 Å². The average molecular weight is 1220 g/mol. The Labute approximate surface area is 498 Å². The number of nitrogens with one attached hydrogen (secondary N) is 5. The van der Waals surface area contributed by atoms with Crippen LogP contribution >= 0.6 is 23.4 Å². The molecule has 0 aliphatic carbocycles. The van der Waals surface area contributed by atoms with Gasteiger partial charge in [-0.25, -0.2) is 4.79 Å². The molecule has 466 valence electrons. The molecule has 3 heterocycles. The SMILES string of the molecule is CC(=O)N([O-])CCCCCNC(=O)CCC(=O)N([O-])CCCCCNC(=O)CCC(=O)N([O-])CCCCCNC(=O)CCCCN1C(=O)CC(SCCCCCC(=O)N[C@@H](C(=O)N[C@@H]2C(=O)N3C(C(=O)O)=C(Cl)CC[C@H]23)c2ccccc2)C1=O. The molecule has 6 N–H and O–H groups in total. The number of unbranched alkanes of at least 4 members (excludes halogenated alkanes) is 9. The summed E-state index contributed by atoms with van der Waals surface area (Å²) in [6.07, 6.45) is 7.61. The number of hydrogen-bond acceptors (Lipinski definition) is 16. The summed E-state index contributed by atoms with van der Waals surface area (Å²) >= 11 is 7.47. The van der Waals surface area contributed by atoms with Crippen LogP contribution in [-0.4, -0.2) is 170 Å². The maximum atomic E-state index is 13.5. The molecule has 84 heavy (non-hydrogen) atoms. The lowest BCUT2D eigenvalue weighted by Gasteiger charge is -2.49. The number of carbonyl (C=O) groups is 12. The number of carbonyl (C=O) groups excluding carboxylic acids is 11. The van der Waals surface area contributed by atoms with Gasteiger partial charge in [0.2, 0.25) is 59.1 Å². The number of carboxylic acid groups (broad SMARTS) is 1. The number of likely N-dealkylation sites (tertiary alicyclic amines) is 1. The van der Waals surface area contributed by atoms with Crippen molar-refractivity contribution in [3.05, 3.63) is 62.2 Å². The summed E-state index contributed by atoms with van der Waals surface area (Å²) in [4.78, 5) is 151. The van der Waals surface area contributed by atoms with E-state index in [1.807, 2.05) is 0 Å². The molecule has 3 aliphatic heterocycles. The number of hydrogen-bond donors (Lipinski definition) is 6. The van der Waals surface area contributed by atoms with E-state index in [4.69, 9.17) is 11.6 Å². The molecule has 3 aliphatic rings. The third kappa shape index (κ3) is 24.1. The number of thioether (sulfide) groups is 1. The van der Waals surface area contributed by atoms with Crippen molar-refractivity contribution in [2.75, 3.05) is 51.6 Å². The number of aliphatic carboxylic acids is 1. The van der Waals surface area contributed by atoms with Gasteiger partial charge in [0.25, 0.3) is 5.91 Å². The van der Waals surface area contributed by atoms with Crippen LogP contribution in [0.1, 0.15) is 166 Å². The minimum atomic E-state index is -1.33. The highest BCUT2D eigenvalue weighted by Crippen LogP contribution is 2.38. The lowest BCUT2D eigenvalue weighted by molar-refractivity contribution is -0.156. The Hall–Kier alpha value is -6.68. The monoisotopic (exact) mass is 1220 g/mol. The molecule has 11 amide bonds. The average Bonchev–Trinajstić information content (AvgIpc) is 2.67. The van der Waals surface area contributed by atoms with E-state index in [9.17, 15) is 78.3 Å². The lowest BCUT2D eigenvalue weighted by atomic mass is 9.86. The predicted octanol–water partition coefficient (Wildman–Crippen LogP) is 3.88. The quantitative estimate of drug-likeness (QED) is 0.0234. The summed E-state index contributed by atoms with van der Waals surface area (Å²) in [5.41, 5.74) is 0.211. The number of rotatable bonds is 41. The Bertz CT molecular complexity index is 2470. The molecule has 4 atom stereocenters. The topological polar surface area (TPSA) is 371 Å². The highest BCUT2D eigenvalue weighted by molar-refractivity contribution is 8.00. The maximum Gasteiger partial charge on any atom is 0.353 e. The molecule has 0 spiro atoms. The number of halogens is 1. The first-order chi connectivity index (χ1) is 40.2. The third-order valence-corrected chi connectivity index (χ3v) is 16.0. The van der Waals surface area contributed by atoms with E-state index in [-0.39, 0.29) is 124 Å². The normalized spacial score (nSPS) is 16.7. The summed E-state index contributed by atoms with van der Waals surface area (Å²) in [6.45, 7) is 2.34. The molecular formula is C56H80ClN10O16S-3. The van der Waals surface area contributed by atoms with Crippen molar-refractivity contribution in [1.29, 1.82) is 0 Å². The van der Waals surface area contributed by atoms with Gasteiger partial charge >= 0.3 is 5.97 Å². The van der Waals surface area contributed by atoms with Crippen molar-refractivity contribution in [2.45, 2.75) is 178 Å². The van der Waals surface area contributed by atoms with Crippen LogP contribution in [0.2, 0.25) is 0 Å². The second-order valence-electron chi connectivity index (χ2n) is 20.8. The summed E-state index contributed by atoms with van der Waals surface area (Å²) < 4.78 is 0. The van der Waals surface area contributed by atoms with Gasteiger partial charge in [-0.3, -0.25) is 62.5 Å². The maximum absolute atomic E-state index is 13.5. The van der Waals surface area contributed by atoms with E-state index in [1.54, 1.807) is 30.3 Å². The summed E-state index contributed by atoms with van der Waals surface area (Å²) in [5, 5.41) is 59.3. The van der Waals surface area contributed by atoms with Crippen LogP contribution in [0.25, 0.3) is 0 Å². The zero-order valence-electron chi connectivity index (χ0n) is 47.7. The van der Waals surface area contributed by atoms with E-state index < -0.39 is 64.8 Å². The number of imide groups is 1. The van der Waals surface area contributed by atoms with Crippen LogP contribution in [0.15, 0.2) is 41.1 Å². The minimum Gasteiger partial charge on any atom is -0.756 e. The molecule has 1 aromatic rings. The molecule has 2 fully saturated rings. The van der Waals surface area contributed by atoms with E-state index in [0.717, 1.165) is 4.90 Å². The Morgan fingerprint density at radius 2 is 1.15 bits per heavy atom. The van der Waals surface area contributed by atoms with Crippen molar-refractivity contribution < 1.29 is 62.6 Å². The summed E-state index contributed by atoms with van der Waals surface area (Å²) in [6, 6.07) is 5.89. The molecule has 0 radical (unpaired) electrons. The van der Waals surface area contributed by atoms with Gasteiger partial charge in [0.1, 0.15) is 17.8 Å². The van der Waals surface area contributed by atoms with E-state index in [2.05, 4.69) is 26.6 Å². The van der Waals surface area contributed by atoms with Crippen molar-refractivity contribution >= 4 is 94.3 Å². The van der Waals surface area contributed by atoms with E-state index in [0.29, 0.717) is 136 Å². The zero-order chi connectivity index (χ0) is 61.6. The molecule has 1 aromatic carbocycles.